The van der Waals surface area contributed by atoms with Crippen molar-refractivity contribution in [3.05, 3.63) is 29.3 Å². The van der Waals surface area contributed by atoms with Crippen LogP contribution in [0.15, 0.2) is 23.2 Å². The molecule has 0 aromatic heterocycles. The average Bonchev–Trinajstić information content (AvgIpc) is 3.21. The summed E-state index contributed by atoms with van der Waals surface area (Å²) in [6.07, 6.45) is -1.47. The van der Waals surface area contributed by atoms with Crippen molar-refractivity contribution in [3.8, 4) is 5.75 Å². The highest BCUT2D eigenvalue weighted by atomic mass is 16.5. The number of urea groups is 1. The zero-order valence-electron chi connectivity index (χ0n) is 21.4. The molecule has 0 saturated carbocycles. The summed E-state index contributed by atoms with van der Waals surface area (Å²) >= 11 is 0. The lowest BCUT2D eigenvalue weighted by Gasteiger charge is -2.40. The molecule has 3 aliphatic heterocycles. The lowest BCUT2D eigenvalue weighted by molar-refractivity contribution is -0.127. The van der Waals surface area contributed by atoms with Gasteiger partial charge >= 0.3 is 6.03 Å². The zero-order valence-corrected chi connectivity index (χ0v) is 21.4. The normalized spacial score (nSPS) is 24.0. The molecule has 0 radical (unpaired) electrons. The fourth-order valence-electron chi connectivity index (χ4n) is 4.94. The van der Waals surface area contributed by atoms with Crippen LogP contribution in [0, 0.1) is 6.92 Å². The first kappa shape index (κ1) is 25.2. The van der Waals surface area contributed by atoms with Gasteiger partial charge in [-0.3, -0.25) is 10.1 Å². The maximum absolute atomic E-state index is 12.9. The number of rotatable bonds is 7. The second-order valence-corrected chi connectivity index (χ2v) is 9.93. The lowest BCUT2D eigenvalue weighted by atomic mass is 10.0. The molecule has 1 aromatic rings. The average molecular weight is 487 g/mol. The lowest BCUT2D eigenvalue weighted by Crippen LogP contribution is -2.65. The van der Waals surface area contributed by atoms with Crippen molar-refractivity contribution >= 4 is 17.9 Å². The number of nitrogens with one attached hydrogen (secondary N) is 1. The highest BCUT2D eigenvalue weighted by molar-refractivity contribution is 6.03. The van der Waals surface area contributed by atoms with E-state index in [0.29, 0.717) is 11.9 Å². The molecule has 3 unspecified atom stereocenters. The molecule has 4 rings (SSSR count). The standard InChI is InChI=1S/C25H38N6O4/c1-6-29-9-11-30(12-10-29)24-26-22-21(23(33)27-25(34)28(22)5)31(24)14-18(32)15-35-20-13-17(4)7-8-19(20)16(2)3/h7-8,13,16,18,21-22,32H,6,9-12,14-15H2,1-5H3,(H,27,33,34). The Hall–Kier alpha value is -2.85. The number of hydrogen-bond donors (Lipinski definition) is 2. The van der Waals surface area contributed by atoms with Gasteiger partial charge in [0.2, 0.25) is 0 Å². The van der Waals surface area contributed by atoms with Gasteiger partial charge in [0.15, 0.2) is 18.2 Å². The molecule has 10 nitrogen and oxygen atoms in total. The van der Waals surface area contributed by atoms with Gasteiger partial charge in [-0.2, -0.15) is 0 Å². The minimum absolute atomic E-state index is 0.0876. The van der Waals surface area contributed by atoms with Crippen LogP contribution >= 0.6 is 0 Å². The van der Waals surface area contributed by atoms with Gasteiger partial charge in [0.25, 0.3) is 5.91 Å². The maximum Gasteiger partial charge on any atom is 0.325 e. The van der Waals surface area contributed by atoms with Crippen molar-refractivity contribution in [2.24, 2.45) is 4.99 Å². The number of guanidine groups is 1. The molecule has 2 N–H and O–H groups in total. The highest BCUT2D eigenvalue weighted by Crippen LogP contribution is 2.29. The molecule has 35 heavy (non-hydrogen) atoms. The number of aliphatic imine (C=N–C) groups is 1. The molecule has 192 valence electrons. The third-order valence-corrected chi connectivity index (χ3v) is 7.07. The molecule has 0 bridgehead atoms. The molecule has 0 aliphatic carbocycles. The zero-order chi connectivity index (χ0) is 25.3. The Bertz CT molecular complexity index is 975. The first-order valence-electron chi connectivity index (χ1n) is 12.5. The fraction of sp³-hybridized carbons (Fsp3) is 0.640. The number of aryl methyl sites for hydroxylation is 1. The van der Waals surface area contributed by atoms with Crippen LogP contribution in [0.1, 0.15) is 37.8 Å². The van der Waals surface area contributed by atoms with Crippen LogP contribution < -0.4 is 10.1 Å². The van der Waals surface area contributed by atoms with Crippen molar-refractivity contribution < 1.29 is 19.4 Å². The number of imide groups is 1. The van der Waals surface area contributed by atoms with E-state index in [0.717, 1.165) is 49.6 Å². The van der Waals surface area contributed by atoms with Crippen LogP contribution in [-0.2, 0) is 4.79 Å². The van der Waals surface area contributed by atoms with Crippen molar-refractivity contribution in [3.63, 3.8) is 0 Å². The highest BCUT2D eigenvalue weighted by Gasteiger charge is 2.50. The number of fused-ring (bicyclic) bond motifs is 1. The molecule has 3 amide bonds. The number of β-amino-alcohol motifs (C(OH)–C–C–N with tert-alkyl or cyclic N) is 1. The third-order valence-electron chi connectivity index (χ3n) is 7.07. The molecule has 2 saturated heterocycles. The number of ether oxygens (including phenoxy) is 1. The van der Waals surface area contributed by atoms with Gasteiger partial charge in [-0.25, -0.2) is 9.79 Å². The molecule has 1 aromatic carbocycles. The number of benzene rings is 1. The summed E-state index contributed by atoms with van der Waals surface area (Å²) in [5.41, 5.74) is 2.18. The van der Waals surface area contributed by atoms with Crippen LogP contribution in [0.3, 0.4) is 0 Å². The number of aliphatic hydroxyl groups is 1. The summed E-state index contributed by atoms with van der Waals surface area (Å²) in [5.74, 6) is 1.33. The van der Waals surface area contributed by atoms with Crippen molar-refractivity contribution in [1.29, 1.82) is 0 Å². The topological polar surface area (TPSA) is 101 Å². The van der Waals surface area contributed by atoms with E-state index in [1.165, 1.54) is 4.90 Å². The van der Waals surface area contributed by atoms with E-state index in [9.17, 15) is 14.7 Å². The second kappa shape index (κ2) is 10.4. The monoisotopic (exact) mass is 486 g/mol. The van der Waals surface area contributed by atoms with Crippen LogP contribution in [0.25, 0.3) is 0 Å². The number of hydrogen-bond acceptors (Lipinski definition) is 8. The number of amides is 3. The van der Waals surface area contributed by atoms with Gasteiger partial charge in [-0.15, -0.1) is 0 Å². The predicted molar refractivity (Wildman–Crippen MR) is 133 cm³/mol. The predicted octanol–water partition coefficient (Wildman–Crippen LogP) is 1.04. The van der Waals surface area contributed by atoms with Crippen molar-refractivity contribution in [2.45, 2.75) is 51.9 Å². The molecule has 3 atom stereocenters. The van der Waals surface area contributed by atoms with Crippen molar-refractivity contribution in [1.82, 2.24) is 24.9 Å². The summed E-state index contributed by atoms with van der Waals surface area (Å²) in [5, 5.41) is 13.4. The molecule has 3 heterocycles. The van der Waals surface area contributed by atoms with Crippen molar-refractivity contribution in [2.75, 3.05) is 52.9 Å². The first-order valence-corrected chi connectivity index (χ1v) is 12.5. The molecule has 3 aliphatic rings. The van der Waals surface area contributed by atoms with E-state index in [1.54, 1.807) is 7.05 Å². The number of carbonyl (C=O) groups is 2. The summed E-state index contributed by atoms with van der Waals surface area (Å²) in [4.78, 5) is 37.7. The van der Waals surface area contributed by atoms with E-state index < -0.39 is 30.2 Å². The van der Waals surface area contributed by atoms with Crippen LogP contribution in [-0.4, -0.2) is 114 Å². The van der Waals surface area contributed by atoms with Crippen LogP contribution in [0.2, 0.25) is 0 Å². The molecule has 0 spiro atoms. The maximum atomic E-state index is 12.9. The van der Waals surface area contributed by atoms with E-state index in [-0.39, 0.29) is 13.2 Å². The minimum atomic E-state index is -0.855. The molecular formula is C25H38N6O4. The van der Waals surface area contributed by atoms with Gasteiger partial charge in [-0.1, -0.05) is 32.9 Å². The van der Waals surface area contributed by atoms with E-state index in [2.05, 4.69) is 48.0 Å². The van der Waals surface area contributed by atoms with Gasteiger partial charge < -0.3 is 29.4 Å². The van der Waals surface area contributed by atoms with Gasteiger partial charge in [-0.05, 0) is 36.6 Å². The Morgan fingerprint density at radius 2 is 1.91 bits per heavy atom. The van der Waals surface area contributed by atoms with Gasteiger partial charge in [0.1, 0.15) is 18.5 Å². The Labute approximate surface area is 207 Å². The second-order valence-electron chi connectivity index (χ2n) is 9.93. The minimum Gasteiger partial charge on any atom is -0.491 e. The number of nitrogens with zero attached hydrogens (tertiary/aromatic N) is 5. The number of carbonyl (C=O) groups excluding carboxylic acids is 2. The van der Waals surface area contributed by atoms with Gasteiger partial charge in [0.05, 0.1) is 6.54 Å². The van der Waals surface area contributed by atoms with Crippen LogP contribution in [0.5, 0.6) is 5.75 Å². The fourth-order valence-corrected chi connectivity index (χ4v) is 4.94. The Morgan fingerprint density at radius 3 is 2.57 bits per heavy atom. The Kier molecular flexibility index (Phi) is 7.51. The number of piperazine rings is 1. The quantitative estimate of drug-likeness (QED) is 0.594. The first-order chi connectivity index (χ1) is 16.7. The Morgan fingerprint density at radius 1 is 1.20 bits per heavy atom. The molecule has 2 fully saturated rings. The number of likely N-dealkylation sites (N-methyl/N-ethyl adjacent to an activating group) is 2. The number of aliphatic hydroxyl groups excluding tert-OH is 1. The van der Waals surface area contributed by atoms with Gasteiger partial charge in [0, 0.05) is 33.2 Å². The summed E-state index contributed by atoms with van der Waals surface area (Å²) in [6.45, 7) is 13.0. The largest absolute Gasteiger partial charge is 0.491 e. The smallest absolute Gasteiger partial charge is 0.325 e. The van der Waals surface area contributed by atoms with E-state index in [4.69, 9.17) is 9.73 Å². The van der Waals surface area contributed by atoms with Crippen LogP contribution in [0.4, 0.5) is 4.79 Å². The molecular weight excluding hydrogens is 448 g/mol. The molecule has 10 heteroatoms. The summed E-state index contributed by atoms with van der Waals surface area (Å²) in [6, 6.07) is 4.97. The van der Waals surface area contributed by atoms with E-state index in [1.807, 2.05) is 17.9 Å². The third kappa shape index (κ3) is 5.23. The SMILES string of the molecule is CCN1CCN(C2=NC3C(C(=O)NC(=O)N3C)N2CC(O)COc2cc(C)ccc2C(C)C)CC1. The summed E-state index contributed by atoms with van der Waals surface area (Å²) in [7, 11) is 1.64. The van der Waals surface area contributed by atoms with E-state index >= 15 is 0 Å². The summed E-state index contributed by atoms with van der Waals surface area (Å²) < 4.78 is 6.06. The Balaban J connectivity index is 1.51.